The molecule has 0 spiro atoms. The van der Waals surface area contributed by atoms with Crippen molar-refractivity contribution in [1.29, 1.82) is 0 Å². The maximum atomic E-state index is 12.2. The third-order valence-corrected chi connectivity index (χ3v) is 5.19. The summed E-state index contributed by atoms with van der Waals surface area (Å²) in [6.45, 7) is 0. The van der Waals surface area contributed by atoms with Gasteiger partial charge >= 0.3 is 5.97 Å². The van der Waals surface area contributed by atoms with Gasteiger partial charge in [-0.3, -0.25) is 14.8 Å². The number of benzene rings is 1. The standard InChI is InChI=1S/C11H12BrNO6S.H3NO/c12-7-1-3-8(4-2-7)20(18,19)9(11(15)16)5-6-10(14)13-17;1-2/h1-4,9,17H,5-6H2,(H,13,14)(H,15,16);2H,1H2. The molecule has 0 aliphatic rings. The second-order valence-electron chi connectivity index (χ2n) is 3.90. The molecule has 6 N–H and O–H groups in total. The van der Waals surface area contributed by atoms with Crippen molar-refractivity contribution in [2.75, 3.05) is 0 Å². The lowest BCUT2D eigenvalue weighted by atomic mass is 10.2. The molecule has 1 unspecified atom stereocenters. The fraction of sp³-hybridized carbons (Fsp3) is 0.273. The number of amides is 1. The molecule has 1 rings (SSSR count). The van der Waals surface area contributed by atoms with E-state index < -0.39 is 39.8 Å². The van der Waals surface area contributed by atoms with E-state index in [1.165, 1.54) is 29.7 Å². The monoisotopic (exact) mass is 398 g/mol. The molecule has 0 fully saturated rings. The zero-order chi connectivity index (χ0) is 17.3. The minimum atomic E-state index is -4.10. The van der Waals surface area contributed by atoms with Crippen molar-refractivity contribution in [3.05, 3.63) is 28.7 Å². The number of halogens is 1. The highest BCUT2D eigenvalue weighted by atomic mass is 79.9. The summed E-state index contributed by atoms with van der Waals surface area (Å²) in [4.78, 5) is 21.9. The van der Waals surface area contributed by atoms with Gasteiger partial charge < -0.3 is 10.3 Å². The predicted octanol–water partition coefficient (Wildman–Crippen LogP) is 0.296. The molecule has 1 aromatic carbocycles. The van der Waals surface area contributed by atoms with Gasteiger partial charge in [0.25, 0.3) is 0 Å². The van der Waals surface area contributed by atoms with Crippen LogP contribution < -0.4 is 11.4 Å². The van der Waals surface area contributed by atoms with Crippen molar-refractivity contribution < 1.29 is 33.5 Å². The summed E-state index contributed by atoms with van der Waals surface area (Å²) in [5.74, 6) is 1.11. The van der Waals surface area contributed by atoms with Crippen LogP contribution >= 0.6 is 15.9 Å². The van der Waals surface area contributed by atoms with Gasteiger partial charge in [-0.25, -0.2) is 19.8 Å². The molecule has 1 atom stereocenters. The summed E-state index contributed by atoms with van der Waals surface area (Å²) < 4.78 is 25.0. The van der Waals surface area contributed by atoms with Crippen molar-refractivity contribution >= 4 is 37.6 Å². The first-order valence-electron chi connectivity index (χ1n) is 5.70. The highest BCUT2D eigenvalue weighted by Gasteiger charge is 2.34. The highest BCUT2D eigenvalue weighted by molar-refractivity contribution is 9.10. The number of nitrogens with two attached hydrogens (primary N) is 1. The van der Waals surface area contributed by atoms with Gasteiger partial charge in [0, 0.05) is 10.9 Å². The largest absolute Gasteiger partial charge is 0.480 e. The SMILES string of the molecule is NO.O=C(CCC(C(=O)O)S(=O)(=O)c1ccc(Br)cc1)NO. The maximum absolute atomic E-state index is 12.2. The van der Waals surface area contributed by atoms with E-state index in [-0.39, 0.29) is 4.90 Å². The van der Waals surface area contributed by atoms with Crippen molar-refractivity contribution in [2.24, 2.45) is 5.90 Å². The van der Waals surface area contributed by atoms with Crippen LogP contribution in [0.1, 0.15) is 12.8 Å². The van der Waals surface area contributed by atoms with Crippen molar-refractivity contribution in [2.45, 2.75) is 23.0 Å². The van der Waals surface area contributed by atoms with Crippen LogP contribution in [-0.4, -0.2) is 41.1 Å². The summed E-state index contributed by atoms with van der Waals surface area (Å²) >= 11 is 3.15. The number of carboxylic acids is 1. The number of carboxylic acid groups (broad SMARTS) is 1. The lowest BCUT2D eigenvalue weighted by Crippen LogP contribution is -2.32. The summed E-state index contributed by atoms with van der Waals surface area (Å²) in [7, 11) is -4.10. The molecule has 0 aromatic heterocycles. The number of rotatable bonds is 6. The minimum Gasteiger partial charge on any atom is -0.480 e. The average molecular weight is 399 g/mol. The van der Waals surface area contributed by atoms with Crippen molar-refractivity contribution in [3.63, 3.8) is 0 Å². The average Bonchev–Trinajstić information content (AvgIpc) is 2.49. The number of carbonyl (C=O) groups excluding carboxylic acids is 1. The first kappa shape index (κ1) is 20.5. The van der Waals surface area contributed by atoms with Crippen LogP contribution in [0.2, 0.25) is 0 Å². The topological polar surface area (TPSA) is 167 Å². The number of hydroxylamine groups is 1. The second-order valence-corrected chi connectivity index (χ2v) is 6.95. The summed E-state index contributed by atoms with van der Waals surface area (Å²) in [5, 5.41) is 22.1. The Balaban J connectivity index is 0.00000211. The smallest absolute Gasteiger partial charge is 0.322 e. The maximum Gasteiger partial charge on any atom is 0.322 e. The first-order chi connectivity index (χ1) is 10.3. The molecule has 0 saturated carbocycles. The normalized spacial score (nSPS) is 11.8. The van der Waals surface area contributed by atoms with E-state index in [9.17, 15) is 18.0 Å². The molecule has 124 valence electrons. The molecule has 0 heterocycles. The van der Waals surface area contributed by atoms with Crippen LogP contribution in [0.3, 0.4) is 0 Å². The third-order valence-electron chi connectivity index (χ3n) is 2.55. The molecule has 1 amide bonds. The molecule has 0 aliphatic heterocycles. The van der Waals surface area contributed by atoms with E-state index in [0.29, 0.717) is 4.47 Å². The van der Waals surface area contributed by atoms with E-state index in [2.05, 4.69) is 21.8 Å². The van der Waals surface area contributed by atoms with Crippen LogP contribution in [0.4, 0.5) is 0 Å². The van der Waals surface area contributed by atoms with Crippen molar-refractivity contribution in [3.8, 4) is 0 Å². The molecule has 11 heteroatoms. The van der Waals surface area contributed by atoms with Crippen LogP contribution in [0.25, 0.3) is 0 Å². The van der Waals surface area contributed by atoms with Crippen LogP contribution in [0.5, 0.6) is 0 Å². The summed E-state index contributed by atoms with van der Waals surface area (Å²) in [6.07, 6.45) is -0.844. The Hall–Kier alpha value is -1.53. The van der Waals surface area contributed by atoms with Gasteiger partial charge in [-0.05, 0) is 30.7 Å². The second kappa shape index (κ2) is 9.48. The Morgan fingerprint density at radius 1 is 1.23 bits per heavy atom. The lowest BCUT2D eigenvalue weighted by Gasteiger charge is -2.13. The predicted molar refractivity (Wildman–Crippen MR) is 77.9 cm³/mol. The van der Waals surface area contributed by atoms with Crippen molar-refractivity contribution in [1.82, 2.24) is 5.48 Å². The lowest BCUT2D eigenvalue weighted by molar-refractivity contribution is -0.136. The van der Waals surface area contributed by atoms with Crippen LogP contribution in [-0.2, 0) is 19.4 Å². The Morgan fingerprint density at radius 2 is 1.73 bits per heavy atom. The van der Waals surface area contributed by atoms with Gasteiger partial charge in [0.15, 0.2) is 15.1 Å². The number of aliphatic carboxylic acids is 1. The number of hydrogen-bond acceptors (Lipinski definition) is 7. The highest BCUT2D eigenvalue weighted by Crippen LogP contribution is 2.22. The zero-order valence-electron chi connectivity index (χ0n) is 11.1. The Bertz CT molecular complexity index is 603. The van der Waals surface area contributed by atoms with Gasteiger partial charge in [-0.1, -0.05) is 15.9 Å². The summed E-state index contributed by atoms with van der Waals surface area (Å²) in [6, 6.07) is 5.52. The fourth-order valence-electron chi connectivity index (χ4n) is 1.52. The van der Waals surface area contributed by atoms with Gasteiger partial charge in [-0.2, -0.15) is 0 Å². The molecule has 0 radical (unpaired) electrons. The van der Waals surface area contributed by atoms with E-state index in [1.54, 1.807) is 0 Å². The quantitative estimate of drug-likeness (QED) is 0.336. The zero-order valence-corrected chi connectivity index (χ0v) is 13.5. The van der Waals surface area contributed by atoms with Gasteiger partial charge in [0.1, 0.15) is 0 Å². The molecular weight excluding hydrogens is 384 g/mol. The molecule has 0 saturated heterocycles. The van der Waals surface area contributed by atoms with E-state index in [0.717, 1.165) is 0 Å². The number of sulfone groups is 1. The minimum absolute atomic E-state index is 0.141. The number of hydrogen-bond donors (Lipinski definition) is 5. The van der Waals surface area contributed by atoms with Gasteiger partial charge in [-0.15, -0.1) is 0 Å². The Morgan fingerprint density at radius 3 is 2.14 bits per heavy atom. The first-order valence-corrected chi connectivity index (χ1v) is 8.04. The van der Waals surface area contributed by atoms with E-state index in [4.69, 9.17) is 15.5 Å². The fourth-order valence-corrected chi connectivity index (χ4v) is 3.32. The summed E-state index contributed by atoms with van der Waals surface area (Å²) in [5.41, 5.74) is 1.33. The van der Waals surface area contributed by atoms with Crippen LogP contribution in [0.15, 0.2) is 33.6 Å². The van der Waals surface area contributed by atoms with Gasteiger partial charge in [0.2, 0.25) is 5.91 Å². The van der Waals surface area contributed by atoms with Gasteiger partial charge in [0.05, 0.1) is 4.90 Å². The Kier molecular flexibility index (Phi) is 8.82. The van der Waals surface area contributed by atoms with E-state index in [1.807, 2.05) is 0 Å². The molecule has 9 nitrogen and oxygen atoms in total. The molecule has 1 aromatic rings. The molecular formula is C11H15BrN2O7S. The molecule has 0 bridgehead atoms. The van der Waals surface area contributed by atoms with Crippen LogP contribution in [0, 0.1) is 0 Å². The number of carbonyl (C=O) groups is 2. The van der Waals surface area contributed by atoms with E-state index >= 15 is 0 Å². The Labute approximate surface area is 134 Å². The third kappa shape index (κ3) is 5.69. The number of nitrogens with one attached hydrogen (secondary N) is 1. The molecule has 0 aliphatic carbocycles. The molecule has 22 heavy (non-hydrogen) atoms.